The zero-order chi connectivity index (χ0) is 14.0. The van der Waals surface area contributed by atoms with E-state index in [2.05, 4.69) is 78.1 Å². The van der Waals surface area contributed by atoms with Crippen LogP contribution in [0.2, 0.25) is 0 Å². The van der Waals surface area contributed by atoms with Gasteiger partial charge in [0.05, 0.1) is 5.69 Å². The smallest absolute Gasteiger partial charge is 0.255 e. The van der Waals surface area contributed by atoms with Crippen LogP contribution in [-0.4, -0.2) is 10.9 Å². The van der Waals surface area contributed by atoms with Crippen LogP contribution in [0.15, 0.2) is 30.5 Å². The summed E-state index contributed by atoms with van der Waals surface area (Å²) in [6.07, 6.45) is 1.27. The average Bonchev–Trinajstić information content (AvgIpc) is 2.33. The van der Waals surface area contributed by atoms with E-state index in [0.29, 0.717) is 0 Å². The number of carbonyl (C=O) groups excluding carboxylic acids is 1. The molecule has 3 nitrogen and oxygen atoms in total. The van der Waals surface area contributed by atoms with E-state index in [1.54, 1.807) is 0 Å². The number of carbonyl (C=O) groups is 1. The highest BCUT2D eigenvalue weighted by molar-refractivity contribution is 14.1. The molecule has 1 heterocycles. The SMILES string of the molecule is O=C(Nc1c(I)cc(I)cc1I)c1ccnc(F)c1. The molecule has 0 saturated heterocycles. The van der Waals surface area contributed by atoms with Crippen molar-refractivity contribution in [2.45, 2.75) is 0 Å². The van der Waals surface area contributed by atoms with E-state index in [1.165, 1.54) is 12.3 Å². The minimum Gasteiger partial charge on any atom is -0.320 e. The van der Waals surface area contributed by atoms with E-state index in [-0.39, 0.29) is 11.5 Å². The molecule has 0 aliphatic rings. The number of nitrogens with one attached hydrogen (secondary N) is 1. The number of hydrogen-bond donors (Lipinski definition) is 1. The maximum Gasteiger partial charge on any atom is 0.255 e. The first kappa shape index (κ1) is 15.4. The van der Waals surface area contributed by atoms with Crippen LogP contribution >= 0.6 is 67.8 Å². The molecular formula is C12H6FI3N2O. The average molecular weight is 594 g/mol. The van der Waals surface area contributed by atoms with Crippen molar-refractivity contribution in [2.24, 2.45) is 0 Å². The van der Waals surface area contributed by atoms with Gasteiger partial charge in [0.15, 0.2) is 0 Å². The third-order valence-corrected chi connectivity index (χ3v) is 4.56. The van der Waals surface area contributed by atoms with Gasteiger partial charge in [0.2, 0.25) is 5.95 Å². The molecule has 0 fully saturated rings. The fraction of sp³-hybridized carbons (Fsp3) is 0. The van der Waals surface area contributed by atoms with Gasteiger partial charge in [-0.1, -0.05) is 0 Å². The van der Waals surface area contributed by atoms with Crippen LogP contribution in [0.3, 0.4) is 0 Å². The van der Waals surface area contributed by atoms with E-state index in [4.69, 9.17) is 0 Å². The van der Waals surface area contributed by atoms with E-state index in [1.807, 2.05) is 12.1 Å². The first-order valence-electron chi connectivity index (χ1n) is 5.05. The molecule has 7 heteroatoms. The lowest BCUT2D eigenvalue weighted by Crippen LogP contribution is -2.14. The number of pyridine rings is 1. The molecule has 0 bridgehead atoms. The molecule has 1 aromatic heterocycles. The number of benzene rings is 1. The number of aromatic nitrogens is 1. The van der Waals surface area contributed by atoms with Crippen LogP contribution in [0.5, 0.6) is 0 Å². The van der Waals surface area contributed by atoms with Gasteiger partial charge in [-0.05, 0) is 86.0 Å². The molecule has 1 aromatic carbocycles. The third kappa shape index (κ3) is 3.97. The first-order chi connectivity index (χ1) is 8.97. The fourth-order valence-corrected chi connectivity index (χ4v) is 5.24. The summed E-state index contributed by atoms with van der Waals surface area (Å²) < 4.78 is 16.0. The number of amides is 1. The zero-order valence-electron chi connectivity index (χ0n) is 9.25. The molecule has 2 aromatic rings. The molecule has 0 spiro atoms. The molecule has 1 amide bonds. The summed E-state index contributed by atoms with van der Waals surface area (Å²) in [4.78, 5) is 15.5. The maximum absolute atomic E-state index is 13.0. The van der Waals surface area contributed by atoms with Crippen LogP contribution in [0, 0.1) is 16.7 Å². The Hall–Kier alpha value is -0.0400. The summed E-state index contributed by atoms with van der Waals surface area (Å²) in [6.45, 7) is 0. The Balaban J connectivity index is 2.29. The number of hydrogen-bond acceptors (Lipinski definition) is 2. The van der Waals surface area contributed by atoms with Crippen LogP contribution in [0.4, 0.5) is 10.1 Å². The van der Waals surface area contributed by atoms with Crippen molar-refractivity contribution < 1.29 is 9.18 Å². The first-order valence-corrected chi connectivity index (χ1v) is 8.28. The molecule has 1 N–H and O–H groups in total. The van der Waals surface area contributed by atoms with Crippen molar-refractivity contribution in [3.63, 3.8) is 0 Å². The molecule has 0 atom stereocenters. The van der Waals surface area contributed by atoms with E-state index in [0.717, 1.165) is 22.5 Å². The Labute approximate surface area is 150 Å². The van der Waals surface area contributed by atoms with Crippen molar-refractivity contribution >= 4 is 79.4 Å². The van der Waals surface area contributed by atoms with Gasteiger partial charge in [-0.3, -0.25) is 4.79 Å². The Morgan fingerprint density at radius 3 is 2.37 bits per heavy atom. The number of anilines is 1. The van der Waals surface area contributed by atoms with Crippen molar-refractivity contribution in [1.29, 1.82) is 0 Å². The highest BCUT2D eigenvalue weighted by atomic mass is 127. The molecule has 19 heavy (non-hydrogen) atoms. The van der Waals surface area contributed by atoms with Crippen molar-refractivity contribution in [1.82, 2.24) is 4.98 Å². The summed E-state index contributed by atoms with van der Waals surface area (Å²) in [6, 6.07) is 6.52. The molecule has 2 rings (SSSR count). The van der Waals surface area contributed by atoms with Crippen molar-refractivity contribution in [3.8, 4) is 0 Å². The summed E-state index contributed by atoms with van der Waals surface area (Å²) in [5.41, 5.74) is 0.987. The van der Waals surface area contributed by atoms with Crippen LogP contribution in [-0.2, 0) is 0 Å². The lowest BCUT2D eigenvalue weighted by atomic mass is 10.2. The van der Waals surface area contributed by atoms with Crippen LogP contribution in [0.25, 0.3) is 0 Å². The van der Waals surface area contributed by atoms with E-state index >= 15 is 0 Å². The standard InChI is InChI=1S/C12H6FI3N2O/c13-10-3-6(1-2-17-10)12(19)18-11-8(15)4-7(14)5-9(11)16/h1-5H,(H,18,19). The van der Waals surface area contributed by atoms with E-state index < -0.39 is 5.95 Å². The van der Waals surface area contributed by atoms with Gasteiger partial charge >= 0.3 is 0 Å². The highest BCUT2D eigenvalue weighted by Gasteiger charge is 2.12. The molecule has 0 aliphatic carbocycles. The molecule has 0 aliphatic heterocycles. The van der Waals surface area contributed by atoms with Crippen LogP contribution in [0.1, 0.15) is 10.4 Å². The summed E-state index contributed by atoms with van der Waals surface area (Å²) in [7, 11) is 0. The van der Waals surface area contributed by atoms with Crippen molar-refractivity contribution in [2.75, 3.05) is 5.32 Å². The Kier molecular flexibility index (Phi) is 5.34. The quantitative estimate of drug-likeness (QED) is 0.417. The monoisotopic (exact) mass is 594 g/mol. The van der Waals surface area contributed by atoms with Gasteiger partial charge in [-0.2, -0.15) is 4.39 Å². The van der Waals surface area contributed by atoms with E-state index in [9.17, 15) is 9.18 Å². The highest BCUT2D eigenvalue weighted by Crippen LogP contribution is 2.27. The van der Waals surface area contributed by atoms with Crippen LogP contribution < -0.4 is 5.32 Å². The third-order valence-electron chi connectivity index (χ3n) is 2.23. The number of nitrogens with zero attached hydrogens (tertiary/aromatic N) is 1. The van der Waals surface area contributed by atoms with Gasteiger partial charge in [0, 0.05) is 28.5 Å². The molecule has 98 valence electrons. The van der Waals surface area contributed by atoms with Gasteiger partial charge < -0.3 is 5.32 Å². The lowest BCUT2D eigenvalue weighted by Gasteiger charge is -2.10. The minimum absolute atomic E-state index is 0.248. The van der Waals surface area contributed by atoms with Gasteiger partial charge in [0.1, 0.15) is 0 Å². The molecule has 0 radical (unpaired) electrons. The zero-order valence-corrected chi connectivity index (χ0v) is 15.7. The fourth-order valence-electron chi connectivity index (χ4n) is 1.39. The second kappa shape index (κ2) is 6.61. The minimum atomic E-state index is -0.667. The predicted molar refractivity (Wildman–Crippen MR) is 96.7 cm³/mol. The van der Waals surface area contributed by atoms with Gasteiger partial charge in [-0.15, -0.1) is 0 Å². The topological polar surface area (TPSA) is 42.0 Å². The largest absolute Gasteiger partial charge is 0.320 e. The summed E-state index contributed by atoms with van der Waals surface area (Å²) >= 11 is 6.54. The second-order valence-corrected chi connectivity index (χ2v) is 7.14. The number of halogens is 4. The summed E-state index contributed by atoms with van der Waals surface area (Å²) in [5, 5.41) is 2.80. The molecule has 0 saturated carbocycles. The Morgan fingerprint density at radius 2 is 1.79 bits per heavy atom. The lowest BCUT2D eigenvalue weighted by molar-refractivity contribution is 0.102. The predicted octanol–water partition coefficient (Wildman–Crippen LogP) is 4.29. The van der Waals surface area contributed by atoms with Gasteiger partial charge in [0.25, 0.3) is 5.91 Å². The maximum atomic E-state index is 13.0. The Bertz CT molecular complexity index is 626. The molecule has 0 unspecified atom stereocenters. The Morgan fingerprint density at radius 1 is 1.16 bits per heavy atom. The molecular weight excluding hydrogens is 588 g/mol. The summed E-state index contributed by atoms with van der Waals surface area (Å²) in [5.74, 6) is -1.02. The second-order valence-electron chi connectivity index (χ2n) is 3.57. The van der Waals surface area contributed by atoms with Crippen molar-refractivity contribution in [3.05, 3.63) is 52.7 Å². The normalized spacial score (nSPS) is 10.3. The number of rotatable bonds is 2. The van der Waals surface area contributed by atoms with Gasteiger partial charge in [-0.25, -0.2) is 4.98 Å².